The Morgan fingerprint density at radius 2 is 2.00 bits per heavy atom. The quantitative estimate of drug-likeness (QED) is 0.729. The van der Waals surface area contributed by atoms with Crippen LogP contribution < -0.4 is 0 Å². The molecule has 110 valence electrons. The SMILES string of the molecule is CCOC(=O)[C@H]1CCCN(C(=O)COC(C)(C)C)C1. The molecule has 0 aromatic rings. The van der Waals surface area contributed by atoms with Gasteiger partial charge in [0.15, 0.2) is 0 Å². The molecule has 5 heteroatoms. The zero-order valence-corrected chi connectivity index (χ0v) is 12.4. The number of piperidine rings is 1. The molecule has 1 aliphatic rings. The highest BCUT2D eigenvalue weighted by Crippen LogP contribution is 2.18. The highest BCUT2D eigenvalue weighted by atomic mass is 16.5. The molecule has 1 aliphatic heterocycles. The number of esters is 1. The number of hydrogen-bond donors (Lipinski definition) is 0. The summed E-state index contributed by atoms with van der Waals surface area (Å²) in [7, 11) is 0. The molecule has 0 bridgehead atoms. The summed E-state index contributed by atoms with van der Waals surface area (Å²) < 4.78 is 10.5. The van der Waals surface area contributed by atoms with Crippen molar-refractivity contribution in [2.45, 2.75) is 46.1 Å². The van der Waals surface area contributed by atoms with Crippen molar-refractivity contribution < 1.29 is 19.1 Å². The largest absolute Gasteiger partial charge is 0.466 e. The van der Waals surface area contributed by atoms with Gasteiger partial charge in [-0.2, -0.15) is 0 Å². The van der Waals surface area contributed by atoms with Crippen LogP contribution >= 0.6 is 0 Å². The summed E-state index contributed by atoms with van der Waals surface area (Å²) >= 11 is 0. The van der Waals surface area contributed by atoms with Crippen LogP contribution in [0.1, 0.15) is 40.5 Å². The van der Waals surface area contributed by atoms with Gasteiger partial charge in [-0.05, 0) is 40.5 Å². The number of carbonyl (C=O) groups excluding carboxylic acids is 2. The van der Waals surface area contributed by atoms with E-state index in [1.807, 2.05) is 20.8 Å². The van der Waals surface area contributed by atoms with Crippen molar-refractivity contribution in [3.05, 3.63) is 0 Å². The van der Waals surface area contributed by atoms with Crippen LogP contribution in [0.3, 0.4) is 0 Å². The lowest BCUT2D eigenvalue weighted by Gasteiger charge is -2.32. The fraction of sp³-hybridized carbons (Fsp3) is 0.857. The van der Waals surface area contributed by atoms with Gasteiger partial charge >= 0.3 is 5.97 Å². The fourth-order valence-electron chi connectivity index (χ4n) is 2.03. The minimum atomic E-state index is -0.327. The van der Waals surface area contributed by atoms with E-state index in [9.17, 15) is 9.59 Å². The molecule has 1 rings (SSSR count). The van der Waals surface area contributed by atoms with Crippen LogP contribution in [0.25, 0.3) is 0 Å². The Bertz CT molecular complexity index is 322. The molecular weight excluding hydrogens is 246 g/mol. The van der Waals surface area contributed by atoms with Gasteiger partial charge in [0.05, 0.1) is 18.1 Å². The third-order valence-electron chi connectivity index (χ3n) is 3.02. The number of carbonyl (C=O) groups is 2. The predicted octanol–water partition coefficient (Wildman–Crippen LogP) is 1.60. The van der Waals surface area contributed by atoms with Crippen molar-refractivity contribution in [2.75, 3.05) is 26.3 Å². The van der Waals surface area contributed by atoms with E-state index < -0.39 is 0 Å². The summed E-state index contributed by atoms with van der Waals surface area (Å²) in [4.78, 5) is 25.4. The van der Waals surface area contributed by atoms with Crippen molar-refractivity contribution in [1.29, 1.82) is 0 Å². The van der Waals surface area contributed by atoms with Gasteiger partial charge in [-0.15, -0.1) is 0 Å². The zero-order valence-electron chi connectivity index (χ0n) is 12.4. The average Bonchev–Trinajstić information content (AvgIpc) is 2.35. The zero-order chi connectivity index (χ0) is 14.5. The number of nitrogens with zero attached hydrogens (tertiary/aromatic N) is 1. The lowest BCUT2D eigenvalue weighted by atomic mass is 9.98. The Hall–Kier alpha value is -1.10. The lowest BCUT2D eigenvalue weighted by molar-refractivity contribution is -0.153. The first-order valence-electron chi connectivity index (χ1n) is 6.92. The fourth-order valence-corrected chi connectivity index (χ4v) is 2.03. The Balaban J connectivity index is 2.45. The summed E-state index contributed by atoms with van der Waals surface area (Å²) in [6, 6.07) is 0. The van der Waals surface area contributed by atoms with E-state index in [1.165, 1.54) is 0 Å². The van der Waals surface area contributed by atoms with Gasteiger partial charge in [-0.1, -0.05) is 0 Å². The first-order valence-corrected chi connectivity index (χ1v) is 6.92. The van der Waals surface area contributed by atoms with E-state index in [0.717, 1.165) is 12.8 Å². The average molecular weight is 271 g/mol. The van der Waals surface area contributed by atoms with Crippen molar-refractivity contribution in [3.63, 3.8) is 0 Å². The topological polar surface area (TPSA) is 55.8 Å². The monoisotopic (exact) mass is 271 g/mol. The highest BCUT2D eigenvalue weighted by molar-refractivity contribution is 5.79. The van der Waals surface area contributed by atoms with E-state index >= 15 is 0 Å². The molecule has 1 fully saturated rings. The van der Waals surface area contributed by atoms with Crippen molar-refractivity contribution in [3.8, 4) is 0 Å². The second kappa shape index (κ2) is 6.89. The van der Waals surface area contributed by atoms with Crippen molar-refractivity contribution in [1.82, 2.24) is 4.90 Å². The minimum Gasteiger partial charge on any atom is -0.466 e. The maximum absolute atomic E-state index is 12.0. The van der Waals surface area contributed by atoms with Crippen LogP contribution in [0.5, 0.6) is 0 Å². The number of ether oxygens (including phenoxy) is 2. The van der Waals surface area contributed by atoms with E-state index in [-0.39, 0.29) is 30.0 Å². The summed E-state index contributed by atoms with van der Waals surface area (Å²) in [5, 5.41) is 0. The van der Waals surface area contributed by atoms with Gasteiger partial charge in [-0.25, -0.2) is 0 Å². The Morgan fingerprint density at radius 1 is 1.32 bits per heavy atom. The number of amides is 1. The van der Waals surface area contributed by atoms with Crippen LogP contribution in [-0.4, -0.2) is 48.7 Å². The van der Waals surface area contributed by atoms with Crippen LogP contribution in [0.15, 0.2) is 0 Å². The molecule has 0 aromatic carbocycles. The van der Waals surface area contributed by atoms with Crippen molar-refractivity contribution >= 4 is 11.9 Å². The lowest BCUT2D eigenvalue weighted by Crippen LogP contribution is -2.45. The molecule has 0 aromatic heterocycles. The normalized spacial score (nSPS) is 20.2. The maximum Gasteiger partial charge on any atom is 0.310 e. The van der Waals surface area contributed by atoms with Gasteiger partial charge in [0.2, 0.25) is 5.91 Å². The van der Waals surface area contributed by atoms with Gasteiger partial charge in [0, 0.05) is 13.1 Å². The Morgan fingerprint density at radius 3 is 2.58 bits per heavy atom. The smallest absolute Gasteiger partial charge is 0.310 e. The Labute approximate surface area is 115 Å². The van der Waals surface area contributed by atoms with Crippen LogP contribution in [0, 0.1) is 5.92 Å². The molecular formula is C14H25NO4. The second-order valence-electron chi connectivity index (χ2n) is 5.83. The summed E-state index contributed by atoms with van der Waals surface area (Å²) in [6.45, 7) is 9.14. The molecule has 0 spiro atoms. The predicted molar refractivity (Wildman–Crippen MR) is 71.6 cm³/mol. The highest BCUT2D eigenvalue weighted by Gasteiger charge is 2.29. The van der Waals surface area contributed by atoms with E-state index in [2.05, 4.69) is 0 Å². The maximum atomic E-state index is 12.0. The molecule has 19 heavy (non-hydrogen) atoms. The van der Waals surface area contributed by atoms with E-state index in [1.54, 1.807) is 11.8 Å². The van der Waals surface area contributed by atoms with Crippen LogP contribution in [0.2, 0.25) is 0 Å². The van der Waals surface area contributed by atoms with E-state index in [0.29, 0.717) is 19.7 Å². The molecule has 1 heterocycles. The number of rotatable bonds is 4. The van der Waals surface area contributed by atoms with Crippen molar-refractivity contribution in [2.24, 2.45) is 5.92 Å². The summed E-state index contributed by atoms with van der Waals surface area (Å²) in [5.41, 5.74) is -0.327. The minimum absolute atomic E-state index is 0.0519. The van der Waals surface area contributed by atoms with Gasteiger partial charge in [0.1, 0.15) is 6.61 Å². The van der Waals surface area contributed by atoms with Gasteiger partial charge in [-0.3, -0.25) is 9.59 Å². The summed E-state index contributed by atoms with van der Waals surface area (Å²) in [5.74, 6) is -0.437. The molecule has 1 atom stereocenters. The third kappa shape index (κ3) is 5.59. The molecule has 1 amide bonds. The van der Waals surface area contributed by atoms with Crippen LogP contribution in [0.4, 0.5) is 0 Å². The summed E-state index contributed by atoms with van der Waals surface area (Å²) in [6.07, 6.45) is 1.63. The number of likely N-dealkylation sites (tertiary alicyclic amines) is 1. The third-order valence-corrected chi connectivity index (χ3v) is 3.02. The molecule has 0 N–H and O–H groups in total. The molecule has 1 saturated heterocycles. The first kappa shape index (κ1) is 16.0. The Kier molecular flexibility index (Phi) is 5.79. The van der Waals surface area contributed by atoms with E-state index in [4.69, 9.17) is 9.47 Å². The van der Waals surface area contributed by atoms with Gasteiger partial charge in [0.25, 0.3) is 0 Å². The molecule has 5 nitrogen and oxygen atoms in total. The van der Waals surface area contributed by atoms with Gasteiger partial charge < -0.3 is 14.4 Å². The first-order chi connectivity index (χ1) is 8.83. The second-order valence-corrected chi connectivity index (χ2v) is 5.83. The molecule has 0 unspecified atom stereocenters. The molecule has 0 radical (unpaired) electrons. The standard InChI is InChI=1S/C14H25NO4/c1-5-18-13(17)11-7-6-8-15(9-11)12(16)10-19-14(2,3)4/h11H,5-10H2,1-4H3/t11-/m0/s1. The molecule has 0 aliphatic carbocycles. The number of hydrogen-bond acceptors (Lipinski definition) is 4. The van der Waals surface area contributed by atoms with Crippen LogP contribution in [-0.2, 0) is 19.1 Å². The molecule has 0 saturated carbocycles.